The second-order valence-electron chi connectivity index (χ2n) is 4.54. The molecule has 5 nitrogen and oxygen atoms in total. The van der Waals surface area contributed by atoms with E-state index < -0.39 is 0 Å². The first-order valence-corrected chi connectivity index (χ1v) is 7.37. The summed E-state index contributed by atoms with van der Waals surface area (Å²) in [6.45, 7) is 2.62. The smallest absolute Gasteiger partial charge is 0.281 e. The van der Waals surface area contributed by atoms with Gasteiger partial charge in [-0.2, -0.15) is 0 Å². The zero-order valence-corrected chi connectivity index (χ0v) is 12.0. The highest BCUT2D eigenvalue weighted by atomic mass is 32.2. The second kappa shape index (κ2) is 6.56. The van der Waals surface area contributed by atoms with Crippen molar-refractivity contribution in [2.45, 2.75) is 13.3 Å². The van der Waals surface area contributed by atoms with Crippen LogP contribution in [0.1, 0.15) is 23.7 Å². The van der Waals surface area contributed by atoms with Crippen molar-refractivity contribution >= 4 is 34.4 Å². The molecule has 0 unspecified atom stereocenters. The number of Topliss-reactive ketones (excluding diaryl/α,β-unsaturated/α-hetero) is 1. The van der Waals surface area contributed by atoms with E-state index in [2.05, 4.69) is 5.32 Å². The minimum atomic E-state index is -0.157. The molecule has 0 atom stereocenters. The van der Waals surface area contributed by atoms with Gasteiger partial charge in [0.15, 0.2) is 5.78 Å². The number of anilines is 1. The van der Waals surface area contributed by atoms with Crippen molar-refractivity contribution in [3.8, 4) is 0 Å². The van der Waals surface area contributed by atoms with Gasteiger partial charge >= 0.3 is 0 Å². The summed E-state index contributed by atoms with van der Waals surface area (Å²) in [6.07, 6.45) is 0.261. The Morgan fingerprint density at radius 3 is 2.85 bits per heavy atom. The van der Waals surface area contributed by atoms with Gasteiger partial charge < -0.3 is 10.2 Å². The molecular weight excluding hydrogens is 276 g/mol. The predicted molar refractivity (Wildman–Crippen MR) is 79.1 cm³/mol. The van der Waals surface area contributed by atoms with E-state index in [0.717, 1.165) is 5.75 Å². The third-order valence-corrected chi connectivity index (χ3v) is 3.90. The molecule has 106 valence electrons. The van der Waals surface area contributed by atoms with E-state index in [1.54, 1.807) is 29.2 Å². The van der Waals surface area contributed by atoms with Gasteiger partial charge in [0.25, 0.3) is 5.24 Å². The standard InChI is InChI=1S/C14H16N2O3S/c1-10(17)11-3-2-4-12(9-11)15-13(18)5-6-16-7-8-20-14(16)19/h2-4,9H,5-8H2,1H3,(H,15,18). The molecule has 0 spiro atoms. The minimum absolute atomic E-state index is 0.0383. The van der Waals surface area contributed by atoms with Crippen molar-refractivity contribution in [3.63, 3.8) is 0 Å². The molecule has 1 aliphatic heterocycles. The summed E-state index contributed by atoms with van der Waals surface area (Å²) in [5.74, 6) is 0.595. The molecule has 0 aliphatic carbocycles. The van der Waals surface area contributed by atoms with Crippen LogP contribution in [0, 0.1) is 0 Å². The Kier molecular flexibility index (Phi) is 4.79. The molecule has 1 N–H and O–H groups in total. The minimum Gasteiger partial charge on any atom is -0.332 e. The van der Waals surface area contributed by atoms with E-state index in [1.165, 1.54) is 18.7 Å². The Morgan fingerprint density at radius 1 is 1.40 bits per heavy atom. The van der Waals surface area contributed by atoms with Gasteiger partial charge in [0.05, 0.1) is 0 Å². The zero-order chi connectivity index (χ0) is 14.5. The molecule has 0 aromatic heterocycles. The Morgan fingerprint density at radius 2 is 2.20 bits per heavy atom. The van der Waals surface area contributed by atoms with Crippen LogP contribution in [0.2, 0.25) is 0 Å². The van der Waals surface area contributed by atoms with Crippen LogP contribution in [0.4, 0.5) is 10.5 Å². The molecule has 0 saturated carbocycles. The zero-order valence-electron chi connectivity index (χ0n) is 11.2. The fourth-order valence-electron chi connectivity index (χ4n) is 1.90. The number of amides is 2. The lowest BCUT2D eigenvalue weighted by atomic mass is 10.1. The fourth-order valence-corrected chi connectivity index (χ4v) is 2.76. The predicted octanol–water partition coefficient (Wildman–Crippen LogP) is 2.39. The van der Waals surface area contributed by atoms with Gasteiger partial charge in [-0.05, 0) is 19.1 Å². The summed E-state index contributed by atoms with van der Waals surface area (Å²) in [5, 5.41) is 2.78. The number of rotatable bonds is 5. The third-order valence-electron chi connectivity index (χ3n) is 3.01. The molecule has 0 radical (unpaired) electrons. The van der Waals surface area contributed by atoms with Gasteiger partial charge in [-0.3, -0.25) is 14.4 Å². The highest BCUT2D eigenvalue weighted by Crippen LogP contribution is 2.17. The number of hydrogen-bond acceptors (Lipinski definition) is 4. The van der Waals surface area contributed by atoms with Crippen LogP contribution >= 0.6 is 11.8 Å². The second-order valence-corrected chi connectivity index (χ2v) is 5.58. The molecule has 0 bridgehead atoms. The molecular formula is C14H16N2O3S. The summed E-state index contributed by atoms with van der Waals surface area (Å²) in [7, 11) is 0. The first-order valence-electron chi connectivity index (χ1n) is 6.39. The summed E-state index contributed by atoms with van der Waals surface area (Å²) in [5.41, 5.74) is 1.17. The lowest BCUT2D eigenvalue weighted by molar-refractivity contribution is -0.116. The summed E-state index contributed by atoms with van der Waals surface area (Å²) < 4.78 is 0. The highest BCUT2D eigenvalue weighted by molar-refractivity contribution is 8.13. The Hall–Kier alpha value is -1.82. The molecule has 1 aromatic rings. The summed E-state index contributed by atoms with van der Waals surface area (Å²) in [4.78, 5) is 36.1. The lowest BCUT2D eigenvalue weighted by Gasteiger charge is -2.14. The van der Waals surface area contributed by atoms with Gasteiger partial charge in [0.1, 0.15) is 0 Å². The number of nitrogens with zero attached hydrogens (tertiary/aromatic N) is 1. The van der Waals surface area contributed by atoms with Crippen LogP contribution in [0.25, 0.3) is 0 Å². The van der Waals surface area contributed by atoms with Crippen molar-refractivity contribution in [1.82, 2.24) is 4.90 Å². The molecule has 2 rings (SSSR count). The first-order chi connectivity index (χ1) is 9.56. The maximum absolute atomic E-state index is 11.8. The first kappa shape index (κ1) is 14.6. The largest absolute Gasteiger partial charge is 0.332 e. The van der Waals surface area contributed by atoms with Gasteiger partial charge in [0, 0.05) is 36.5 Å². The number of ketones is 1. The molecule has 1 fully saturated rings. The normalized spacial score (nSPS) is 14.4. The number of hydrogen-bond donors (Lipinski definition) is 1. The van der Waals surface area contributed by atoms with Gasteiger partial charge in [-0.1, -0.05) is 23.9 Å². The van der Waals surface area contributed by atoms with Crippen LogP contribution in [0.15, 0.2) is 24.3 Å². The molecule has 1 aromatic carbocycles. The highest BCUT2D eigenvalue weighted by Gasteiger charge is 2.21. The number of thioether (sulfide) groups is 1. The van der Waals surface area contributed by atoms with Crippen molar-refractivity contribution in [2.24, 2.45) is 0 Å². The summed E-state index contributed by atoms with van der Waals surface area (Å²) in [6, 6.07) is 6.82. The average molecular weight is 292 g/mol. The topological polar surface area (TPSA) is 66.5 Å². The third kappa shape index (κ3) is 3.84. The molecule has 20 heavy (non-hydrogen) atoms. The van der Waals surface area contributed by atoms with Crippen molar-refractivity contribution < 1.29 is 14.4 Å². The monoisotopic (exact) mass is 292 g/mol. The van der Waals surface area contributed by atoms with Crippen LogP contribution in [-0.4, -0.2) is 40.7 Å². The van der Waals surface area contributed by atoms with Crippen LogP contribution in [0.3, 0.4) is 0 Å². The number of benzene rings is 1. The SMILES string of the molecule is CC(=O)c1cccc(NC(=O)CCN2CCSC2=O)c1. The van der Waals surface area contributed by atoms with E-state index in [4.69, 9.17) is 0 Å². The fraction of sp³-hybridized carbons (Fsp3) is 0.357. The maximum Gasteiger partial charge on any atom is 0.281 e. The molecule has 1 saturated heterocycles. The Labute approximate surface area is 121 Å². The van der Waals surface area contributed by atoms with E-state index in [-0.39, 0.29) is 23.4 Å². The maximum atomic E-state index is 11.8. The van der Waals surface area contributed by atoms with Crippen molar-refractivity contribution in [1.29, 1.82) is 0 Å². The Bertz CT molecular complexity index is 545. The van der Waals surface area contributed by atoms with E-state index in [1.807, 2.05) is 0 Å². The Balaban J connectivity index is 1.86. The van der Waals surface area contributed by atoms with Crippen LogP contribution in [-0.2, 0) is 4.79 Å². The number of carbonyl (C=O) groups excluding carboxylic acids is 3. The lowest BCUT2D eigenvalue weighted by Crippen LogP contribution is -2.27. The van der Waals surface area contributed by atoms with Crippen molar-refractivity contribution in [3.05, 3.63) is 29.8 Å². The average Bonchev–Trinajstić information content (AvgIpc) is 2.82. The van der Waals surface area contributed by atoms with Crippen molar-refractivity contribution in [2.75, 3.05) is 24.2 Å². The number of carbonyl (C=O) groups is 3. The van der Waals surface area contributed by atoms with Crippen LogP contribution < -0.4 is 5.32 Å². The quantitative estimate of drug-likeness (QED) is 0.846. The van der Waals surface area contributed by atoms with E-state index in [9.17, 15) is 14.4 Å². The number of nitrogens with one attached hydrogen (secondary N) is 1. The van der Waals surface area contributed by atoms with Crippen LogP contribution in [0.5, 0.6) is 0 Å². The summed E-state index contributed by atoms with van der Waals surface area (Å²) >= 11 is 1.28. The van der Waals surface area contributed by atoms with Gasteiger partial charge in [0.2, 0.25) is 5.91 Å². The molecule has 1 heterocycles. The molecule has 2 amide bonds. The van der Waals surface area contributed by atoms with E-state index >= 15 is 0 Å². The van der Waals surface area contributed by atoms with E-state index in [0.29, 0.717) is 24.3 Å². The van der Waals surface area contributed by atoms with Gasteiger partial charge in [-0.25, -0.2) is 0 Å². The molecule has 1 aliphatic rings. The molecule has 6 heteroatoms. The van der Waals surface area contributed by atoms with Gasteiger partial charge in [-0.15, -0.1) is 0 Å².